The van der Waals surface area contributed by atoms with E-state index in [2.05, 4.69) is 44.4 Å². The molecule has 1 aliphatic rings. The molecule has 0 N–H and O–H groups in total. The monoisotopic (exact) mass is 207 g/mol. The minimum Gasteiger partial charge on any atom is -0.288 e. The Morgan fingerprint density at radius 2 is 1.73 bits per heavy atom. The highest BCUT2D eigenvalue weighted by Gasteiger charge is 2.29. The highest BCUT2D eigenvalue weighted by Crippen LogP contribution is 2.28. The summed E-state index contributed by atoms with van der Waals surface area (Å²) >= 11 is 0. The van der Waals surface area contributed by atoms with Crippen LogP contribution in [0, 0.1) is 23.7 Å². The molecule has 0 aromatic rings. The van der Waals surface area contributed by atoms with E-state index in [0.29, 0.717) is 0 Å². The minimum atomic E-state index is 0.0662. The molecule has 0 aromatic carbocycles. The highest BCUT2D eigenvalue weighted by atomic mass is 15.2. The second-order valence-corrected chi connectivity index (χ2v) is 5.50. The summed E-state index contributed by atoms with van der Waals surface area (Å²) in [6, 6.07) is 0. The molecule has 1 saturated heterocycles. The van der Waals surface area contributed by atoms with E-state index in [1.165, 1.54) is 25.9 Å². The van der Waals surface area contributed by atoms with Crippen LogP contribution >= 0.6 is 0 Å². The van der Waals surface area contributed by atoms with E-state index >= 15 is 0 Å². The maximum absolute atomic E-state index is 3.31. The van der Waals surface area contributed by atoms with Crippen molar-refractivity contribution in [3.8, 4) is 11.8 Å². The molecule has 0 aromatic heterocycles. The standard InChI is InChI=1S/C14H25N/c1-6-9-14(4,5)15-10-7-13(8-11-15)12(2)3/h12-13H,7-8,10-11H2,1-5H3. The summed E-state index contributed by atoms with van der Waals surface area (Å²) in [5.41, 5.74) is 0.0662. The molecule has 1 fully saturated rings. The van der Waals surface area contributed by atoms with Crippen LogP contribution in [0.25, 0.3) is 0 Å². The second-order valence-electron chi connectivity index (χ2n) is 5.50. The summed E-state index contributed by atoms with van der Waals surface area (Å²) in [6.07, 6.45) is 2.68. The normalized spacial score (nSPS) is 20.1. The van der Waals surface area contributed by atoms with Crippen molar-refractivity contribution in [2.45, 2.75) is 53.0 Å². The zero-order valence-electron chi connectivity index (χ0n) is 10.9. The Labute approximate surface area is 95.2 Å². The minimum absolute atomic E-state index is 0.0662. The summed E-state index contributed by atoms with van der Waals surface area (Å²) in [4.78, 5) is 2.53. The predicted molar refractivity (Wildman–Crippen MR) is 66.7 cm³/mol. The van der Waals surface area contributed by atoms with Gasteiger partial charge in [-0.1, -0.05) is 19.8 Å². The highest BCUT2D eigenvalue weighted by molar-refractivity contribution is 5.13. The van der Waals surface area contributed by atoms with Gasteiger partial charge in [0.05, 0.1) is 5.54 Å². The van der Waals surface area contributed by atoms with E-state index in [-0.39, 0.29) is 5.54 Å². The molecule has 0 bridgehead atoms. The van der Waals surface area contributed by atoms with Gasteiger partial charge in [0.1, 0.15) is 0 Å². The van der Waals surface area contributed by atoms with Crippen molar-refractivity contribution < 1.29 is 0 Å². The van der Waals surface area contributed by atoms with Crippen LogP contribution in [-0.4, -0.2) is 23.5 Å². The van der Waals surface area contributed by atoms with E-state index in [1.54, 1.807) is 0 Å². The number of hydrogen-bond donors (Lipinski definition) is 0. The van der Waals surface area contributed by atoms with Crippen LogP contribution in [0.2, 0.25) is 0 Å². The van der Waals surface area contributed by atoms with Gasteiger partial charge in [-0.15, -0.1) is 5.92 Å². The summed E-state index contributed by atoms with van der Waals surface area (Å²) in [6.45, 7) is 13.5. The molecule has 1 nitrogen and oxygen atoms in total. The van der Waals surface area contributed by atoms with Crippen LogP contribution in [0.5, 0.6) is 0 Å². The largest absolute Gasteiger partial charge is 0.288 e. The van der Waals surface area contributed by atoms with Crippen molar-refractivity contribution in [3.05, 3.63) is 0 Å². The fraction of sp³-hybridized carbons (Fsp3) is 0.857. The summed E-state index contributed by atoms with van der Waals surface area (Å²) in [5.74, 6) is 8.12. The van der Waals surface area contributed by atoms with E-state index in [9.17, 15) is 0 Å². The molecule has 86 valence electrons. The van der Waals surface area contributed by atoms with E-state index in [0.717, 1.165) is 11.8 Å². The third kappa shape index (κ3) is 3.24. The Balaban J connectivity index is 2.52. The summed E-state index contributed by atoms with van der Waals surface area (Å²) < 4.78 is 0. The zero-order chi connectivity index (χ0) is 11.5. The van der Waals surface area contributed by atoms with Crippen molar-refractivity contribution in [1.29, 1.82) is 0 Å². The van der Waals surface area contributed by atoms with Crippen molar-refractivity contribution >= 4 is 0 Å². The SMILES string of the molecule is CC#CC(C)(C)N1CCC(C(C)C)CC1. The summed E-state index contributed by atoms with van der Waals surface area (Å²) in [5, 5.41) is 0. The Bertz CT molecular complexity index is 246. The van der Waals surface area contributed by atoms with Gasteiger partial charge in [-0.3, -0.25) is 4.90 Å². The van der Waals surface area contributed by atoms with Gasteiger partial charge in [-0.2, -0.15) is 0 Å². The molecule has 0 aliphatic carbocycles. The topological polar surface area (TPSA) is 3.24 Å². The van der Waals surface area contributed by atoms with Gasteiger partial charge in [0.2, 0.25) is 0 Å². The van der Waals surface area contributed by atoms with Crippen molar-refractivity contribution in [2.24, 2.45) is 11.8 Å². The number of likely N-dealkylation sites (tertiary alicyclic amines) is 1. The second kappa shape index (κ2) is 5.03. The van der Waals surface area contributed by atoms with Crippen LogP contribution in [-0.2, 0) is 0 Å². The van der Waals surface area contributed by atoms with Crippen molar-refractivity contribution in [2.75, 3.05) is 13.1 Å². The molecule has 1 aliphatic heterocycles. The molecule has 0 atom stereocenters. The molecule has 1 rings (SSSR count). The van der Waals surface area contributed by atoms with Gasteiger partial charge >= 0.3 is 0 Å². The van der Waals surface area contributed by atoms with Gasteiger partial charge in [-0.25, -0.2) is 0 Å². The van der Waals surface area contributed by atoms with Gasteiger partial charge < -0.3 is 0 Å². The first-order valence-electron chi connectivity index (χ1n) is 6.16. The number of rotatable bonds is 2. The lowest BCUT2D eigenvalue weighted by molar-refractivity contribution is 0.0970. The van der Waals surface area contributed by atoms with Crippen LogP contribution < -0.4 is 0 Å². The molecular weight excluding hydrogens is 182 g/mol. The van der Waals surface area contributed by atoms with Crippen LogP contribution in [0.15, 0.2) is 0 Å². The third-order valence-corrected chi connectivity index (χ3v) is 3.70. The molecular formula is C14H25N. The molecule has 0 amide bonds. The van der Waals surface area contributed by atoms with Gasteiger partial charge in [0.25, 0.3) is 0 Å². The van der Waals surface area contributed by atoms with E-state index in [4.69, 9.17) is 0 Å². The molecule has 15 heavy (non-hydrogen) atoms. The maximum atomic E-state index is 3.31. The fourth-order valence-electron chi connectivity index (χ4n) is 2.51. The van der Waals surface area contributed by atoms with Gasteiger partial charge in [-0.05, 0) is 58.5 Å². The molecule has 0 radical (unpaired) electrons. The molecule has 0 saturated carbocycles. The number of piperidine rings is 1. The Kier molecular flexibility index (Phi) is 4.22. The zero-order valence-corrected chi connectivity index (χ0v) is 10.9. The average Bonchev–Trinajstić information content (AvgIpc) is 2.18. The first-order chi connectivity index (χ1) is 6.97. The Morgan fingerprint density at radius 1 is 1.20 bits per heavy atom. The van der Waals surface area contributed by atoms with E-state index in [1.807, 2.05) is 6.92 Å². The quantitative estimate of drug-likeness (QED) is 0.629. The average molecular weight is 207 g/mol. The number of nitrogens with zero attached hydrogens (tertiary/aromatic N) is 1. The third-order valence-electron chi connectivity index (χ3n) is 3.70. The first-order valence-corrected chi connectivity index (χ1v) is 6.16. The predicted octanol–water partition coefficient (Wildman–Crippen LogP) is 3.16. The first kappa shape index (κ1) is 12.6. The molecule has 0 spiro atoms. The summed E-state index contributed by atoms with van der Waals surface area (Å²) in [7, 11) is 0. The van der Waals surface area contributed by atoms with Crippen LogP contribution in [0.1, 0.15) is 47.5 Å². The van der Waals surface area contributed by atoms with Crippen LogP contribution in [0.4, 0.5) is 0 Å². The Morgan fingerprint density at radius 3 is 2.13 bits per heavy atom. The lowest BCUT2D eigenvalue weighted by atomic mass is 9.85. The van der Waals surface area contributed by atoms with Crippen LogP contribution in [0.3, 0.4) is 0 Å². The lowest BCUT2D eigenvalue weighted by Crippen LogP contribution is -2.47. The maximum Gasteiger partial charge on any atom is 0.0768 e. The molecule has 0 unspecified atom stereocenters. The molecule has 1 heteroatoms. The molecule has 1 heterocycles. The smallest absolute Gasteiger partial charge is 0.0768 e. The van der Waals surface area contributed by atoms with E-state index < -0.39 is 0 Å². The van der Waals surface area contributed by atoms with Gasteiger partial charge in [0.15, 0.2) is 0 Å². The lowest BCUT2D eigenvalue weighted by Gasteiger charge is -2.41. The van der Waals surface area contributed by atoms with Crippen molar-refractivity contribution in [1.82, 2.24) is 4.90 Å². The van der Waals surface area contributed by atoms with Crippen molar-refractivity contribution in [3.63, 3.8) is 0 Å². The fourth-order valence-corrected chi connectivity index (χ4v) is 2.51. The Hall–Kier alpha value is -0.480. The van der Waals surface area contributed by atoms with Gasteiger partial charge in [0, 0.05) is 0 Å². The number of hydrogen-bond acceptors (Lipinski definition) is 1.